The van der Waals surface area contributed by atoms with Gasteiger partial charge in [0.2, 0.25) is 0 Å². The molecule has 1 aliphatic rings. The van der Waals surface area contributed by atoms with Gasteiger partial charge < -0.3 is 10.5 Å². The molecule has 0 aliphatic carbocycles. The average molecular weight is 452 g/mol. The normalized spacial score (nSPS) is 16.7. The third-order valence-corrected chi connectivity index (χ3v) is 5.92. The molecule has 148 valence electrons. The number of primary amides is 1. The van der Waals surface area contributed by atoms with Gasteiger partial charge in [-0.05, 0) is 49.6 Å². The van der Waals surface area contributed by atoms with Crippen LogP contribution in [-0.4, -0.2) is 18.0 Å². The molecule has 0 saturated carbocycles. The predicted octanol–water partition coefficient (Wildman–Crippen LogP) is 5.47. The van der Waals surface area contributed by atoms with Crippen LogP contribution in [0, 0.1) is 18.3 Å². The lowest BCUT2D eigenvalue weighted by molar-refractivity contribution is 0.229. The van der Waals surface area contributed by atoms with E-state index in [1.54, 1.807) is 14.0 Å². The van der Waals surface area contributed by atoms with Crippen molar-refractivity contribution in [1.29, 1.82) is 5.26 Å². The lowest BCUT2D eigenvalue weighted by Crippen LogP contribution is -2.37. The van der Waals surface area contributed by atoms with Crippen LogP contribution in [0.15, 0.2) is 63.9 Å². The van der Waals surface area contributed by atoms with Crippen LogP contribution in [0.1, 0.15) is 36.5 Å². The smallest absolute Gasteiger partial charge is 0.323 e. The molecule has 2 aromatic carbocycles. The van der Waals surface area contributed by atoms with E-state index in [0.717, 1.165) is 26.7 Å². The fraction of sp³-hybridized carbons (Fsp3) is 0.217. The molecular formula is C23H22BrN3O2. The van der Waals surface area contributed by atoms with Crippen molar-refractivity contribution in [2.24, 2.45) is 5.73 Å². The highest BCUT2D eigenvalue weighted by molar-refractivity contribution is 9.10. The van der Waals surface area contributed by atoms with Gasteiger partial charge in [0, 0.05) is 27.3 Å². The molecule has 2 amide bonds. The molecule has 1 heterocycles. The van der Waals surface area contributed by atoms with Gasteiger partial charge >= 0.3 is 6.03 Å². The minimum absolute atomic E-state index is 0.373. The number of para-hydroxylation sites is 1. The fourth-order valence-electron chi connectivity index (χ4n) is 3.93. The number of urea groups is 1. The number of aryl methyl sites for hydroxylation is 1. The standard InChI is InChI=1S/C23H22BrN3O2/c1-13-9-10-16(19(24)11-13)22-18(12-25)14(2)27(23(26)28)15(3)21(22)17-7-5-6-8-20(17)29-4/h5-11,22H,1-4H3,(H2,26,28). The zero-order valence-corrected chi connectivity index (χ0v) is 18.4. The molecule has 2 aromatic rings. The lowest BCUT2D eigenvalue weighted by atomic mass is 9.77. The quantitative estimate of drug-likeness (QED) is 0.671. The summed E-state index contributed by atoms with van der Waals surface area (Å²) < 4.78 is 6.49. The van der Waals surface area contributed by atoms with Gasteiger partial charge in [0.1, 0.15) is 5.75 Å². The van der Waals surface area contributed by atoms with Gasteiger partial charge in [-0.25, -0.2) is 4.79 Å². The number of hydrogen-bond donors (Lipinski definition) is 1. The molecule has 0 saturated heterocycles. The van der Waals surface area contributed by atoms with E-state index in [-0.39, 0.29) is 5.92 Å². The number of benzene rings is 2. The van der Waals surface area contributed by atoms with Crippen molar-refractivity contribution in [3.05, 3.63) is 80.6 Å². The topological polar surface area (TPSA) is 79.3 Å². The molecular weight excluding hydrogens is 430 g/mol. The van der Waals surface area contributed by atoms with Crippen molar-refractivity contribution >= 4 is 27.5 Å². The van der Waals surface area contributed by atoms with Crippen LogP contribution >= 0.6 is 15.9 Å². The second-order valence-corrected chi connectivity index (χ2v) is 7.80. The van der Waals surface area contributed by atoms with Gasteiger partial charge in [0.25, 0.3) is 0 Å². The maximum atomic E-state index is 12.3. The van der Waals surface area contributed by atoms with E-state index >= 15 is 0 Å². The molecule has 0 bridgehead atoms. The highest BCUT2D eigenvalue weighted by Gasteiger charge is 2.37. The highest BCUT2D eigenvalue weighted by atomic mass is 79.9. The first-order chi connectivity index (χ1) is 13.8. The van der Waals surface area contributed by atoms with Crippen molar-refractivity contribution in [2.75, 3.05) is 7.11 Å². The van der Waals surface area contributed by atoms with E-state index in [1.807, 2.05) is 56.3 Å². The van der Waals surface area contributed by atoms with Crippen molar-refractivity contribution < 1.29 is 9.53 Å². The van der Waals surface area contributed by atoms with Crippen LogP contribution in [0.5, 0.6) is 5.75 Å². The summed E-state index contributed by atoms with van der Waals surface area (Å²) in [4.78, 5) is 13.7. The van der Waals surface area contributed by atoms with Crippen LogP contribution in [0.3, 0.4) is 0 Å². The third kappa shape index (κ3) is 3.54. The summed E-state index contributed by atoms with van der Waals surface area (Å²) in [5.74, 6) is 0.290. The Balaban J connectivity index is 2.41. The third-order valence-electron chi connectivity index (χ3n) is 5.23. The lowest BCUT2D eigenvalue weighted by Gasteiger charge is -2.36. The molecule has 1 aliphatic heterocycles. The second-order valence-electron chi connectivity index (χ2n) is 6.94. The van der Waals surface area contributed by atoms with Crippen LogP contribution < -0.4 is 10.5 Å². The summed E-state index contributed by atoms with van der Waals surface area (Å²) in [6, 6.07) is 15.3. The number of allylic oxidation sites excluding steroid dienone is 4. The minimum Gasteiger partial charge on any atom is -0.496 e. The van der Waals surface area contributed by atoms with Gasteiger partial charge in [-0.1, -0.05) is 46.3 Å². The van der Waals surface area contributed by atoms with Crippen LogP contribution in [0.4, 0.5) is 4.79 Å². The van der Waals surface area contributed by atoms with Gasteiger partial charge in [0.05, 0.1) is 18.8 Å². The molecule has 5 nitrogen and oxygen atoms in total. The Morgan fingerprint density at radius 1 is 1.17 bits per heavy atom. The number of amides is 2. The number of nitrogens with two attached hydrogens (primary N) is 1. The summed E-state index contributed by atoms with van der Waals surface area (Å²) in [5, 5.41) is 10.1. The Morgan fingerprint density at radius 2 is 1.86 bits per heavy atom. The number of halogens is 1. The fourth-order valence-corrected chi connectivity index (χ4v) is 4.65. The Labute approximate surface area is 179 Å². The van der Waals surface area contributed by atoms with Gasteiger partial charge in [-0.15, -0.1) is 0 Å². The first-order valence-corrected chi connectivity index (χ1v) is 9.91. The molecule has 0 radical (unpaired) electrons. The van der Waals surface area contributed by atoms with Crippen molar-refractivity contribution in [3.63, 3.8) is 0 Å². The van der Waals surface area contributed by atoms with Crippen LogP contribution in [-0.2, 0) is 0 Å². The molecule has 3 rings (SSSR count). The van der Waals surface area contributed by atoms with Crippen molar-refractivity contribution in [1.82, 2.24) is 4.90 Å². The van der Waals surface area contributed by atoms with Crippen molar-refractivity contribution in [2.45, 2.75) is 26.7 Å². The molecule has 0 fully saturated rings. The number of nitrogens with zero attached hydrogens (tertiary/aromatic N) is 2. The molecule has 0 aromatic heterocycles. The summed E-state index contributed by atoms with van der Waals surface area (Å²) in [6.07, 6.45) is 0. The van der Waals surface area contributed by atoms with E-state index in [1.165, 1.54) is 4.90 Å². The minimum atomic E-state index is -0.624. The number of hydrogen-bond acceptors (Lipinski definition) is 3. The predicted molar refractivity (Wildman–Crippen MR) is 117 cm³/mol. The number of ether oxygens (including phenoxy) is 1. The Kier molecular flexibility index (Phi) is 5.81. The zero-order chi connectivity index (χ0) is 21.3. The Bertz CT molecular complexity index is 1100. The number of carbonyl (C=O) groups excluding carboxylic acids is 1. The number of rotatable bonds is 3. The van der Waals surface area contributed by atoms with Crippen LogP contribution in [0.25, 0.3) is 5.57 Å². The maximum absolute atomic E-state index is 12.3. The van der Waals surface area contributed by atoms with Crippen molar-refractivity contribution in [3.8, 4) is 11.8 Å². The number of nitriles is 1. The Morgan fingerprint density at radius 3 is 2.45 bits per heavy atom. The SMILES string of the molecule is COc1ccccc1C1=C(C)N(C(N)=O)C(C)=C(C#N)C1c1ccc(C)cc1Br. The molecule has 29 heavy (non-hydrogen) atoms. The van der Waals surface area contributed by atoms with E-state index in [9.17, 15) is 10.1 Å². The van der Waals surface area contributed by atoms with E-state index in [2.05, 4.69) is 22.0 Å². The van der Waals surface area contributed by atoms with E-state index in [4.69, 9.17) is 10.5 Å². The van der Waals surface area contributed by atoms with Gasteiger partial charge in [-0.3, -0.25) is 4.90 Å². The second kappa shape index (κ2) is 8.14. The number of carbonyl (C=O) groups is 1. The molecule has 0 spiro atoms. The monoisotopic (exact) mass is 451 g/mol. The Hall–Kier alpha value is -3.04. The van der Waals surface area contributed by atoms with Gasteiger partial charge in [0.15, 0.2) is 0 Å². The van der Waals surface area contributed by atoms with E-state index < -0.39 is 6.03 Å². The largest absolute Gasteiger partial charge is 0.496 e. The first kappa shape index (κ1) is 20.7. The summed E-state index contributed by atoms with van der Waals surface area (Å²) in [7, 11) is 1.60. The van der Waals surface area contributed by atoms with E-state index in [0.29, 0.717) is 22.7 Å². The van der Waals surface area contributed by atoms with Gasteiger partial charge in [-0.2, -0.15) is 5.26 Å². The summed E-state index contributed by atoms with van der Waals surface area (Å²) in [6.45, 7) is 5.61. The number of methoxy groups -OCH3 is 1. The summed E-state index contributed by atoms with van der Waals surface area (Å²) >= 11 is 3.67. The first-order valence-electron chi connectivity index (χ1n) is 9.12. The molecule has 1 unspecified atom stereocenters. The average Bonchev–Trinajstić information content (AvgIpc) is 2.67. The molecule has 1 atom stereocenters. The maximum Gasteiger partial charge on any atom is 0.323 e. The zero-order valence-electron chi connectivity index (χ0n) is 16.8. The molecule has 2 N–H and O–H groups in total. The summed E-state index contributed by atoms with van der Waals surface area (Å²) in [5.41, 5.74) is 11.0. The van der Waals surface area contributed by atoms with Crippen LogP contribution in [0.2, 0.25) is 0 Å². The molecule has 6 heteroatoms. The highest BCUT2D eigenvalue weighted by Crippen LogP contribution is 2.49.